The number of rotatable bonds is 5. The lowest BCUT2D eigenvalue weighted by atomic mass is 10.2. The molecule has 126 valence electrons. The number of nitro groups is 1. The highest BCUT2D eigenvalue weighted by atomic mass is 32.2. The van der Waals surface area contributed by atoms with Gasteiger partial charge in [0.15, 0.2) is 16.4 Å². The summed E-state index contributed by atoms with van der Waals surface area (Å²) in [4.78, 5) is 27.4. The molecule has 0 aliphatic carbocycles. The van der Waals surface area contributed by atoms with Gasteiger partial charge in [0.05, 0.1) is 11.5 Å². The summed E-state index contributed by atoms with van der Waals surface area (Å²) in [6.45, 7) is 1.19. The van der Waals surface area contributed by atoms with Crippen molar-refractivity contribution in [2.24, 2.45) is 0 Å². The Kier molecular flexibility index (Phi) is 4.83. The summed E-state index contributed by atoms with van der Waals surface area (Å²) in [6, 6.07) is 2.54. The van der Waals surface area contributed by atoms with E-state index in [2.05, 4.69) is 4.98 Å². The summed E-state index contributed by atoms with van der Waals surface area (Å²) in [5, 5.41) is 10.9. The predicted octanol–water partition coefficient (Wildman–Crippen LogP) is 0.323. The zero-order valence-corrected chi connectivity index (χ0v) is 13.6. The molecular formula is C13H17N3O6S. The molecule has 1 aliphatic heterocycles. The second kappa shape index (κ2) is 6.49. The maximum atomic E-state index is 12.1. The number of carbonyl (C=O) groups excluding carboxylic acids is 1. The Morgan fingerprint density at radius 3 is 2.78 bits per heavy atom. The maximum Gasteiger partial charge on any atom is 0.406 e. The number of pyridine rings is 1. The number of amides is 1. The molecule has 1 aromatic rings. The number of ether oxygens (including phenoxy) is 1. The van der Waals surface area contributed by atoms with Gasteiger partial charge in [0.1, 0.15) is 5.69 Å². The monoisotopic (exact) mass is 343 g/mol. The molecule has 1 aromatic heterocycles. The van der Waals surface area contributed by atoms with E-state index in [9.17, 15) is 23.3 Å². The molecule has 1 unspecified atom stereocenters. The molecule has 1 saturated heterocycles. The van der Waals surface area contributed by atoms with Gasteiger partial charge < -0.3 is 19.8 Å². The van der Waals surface area contributed by atoms with Crippen molar-refractivity contribution in [1.29, 1.82) is 0 Å². The summed E-state index contributed by atoms with van der Waals surface area (Å²) in [5.74, 6) is -1.00. The minimum absolute atomic E-state index is 0.0590. The fraction of sp³-hybridized carbons (Fsp3) is 0.538. The van der Waals surface area contributed by atoms with Crippen molar-refractivity contribution in [1.82, 2.24) is 9.88 Å². The highest BCUT2D eigenvalue weighted by molar-refractivity contribution is 7.91. The Bertz CT molecular complexity index is 733. The molecule has 23 heavy (non-hydrogen) atoms. The minimum atomic E-state index is -3.10. The van der Waals surface area contributed by atoms with Crippen LogP contribution in [0.15, 0.2) is 12.1 Å². The van der Waals surface area contributed by atoms with E-state index in [1.807, 2.05) is 0 Å². The van der Waals surface area contributed by atoms with E-state index < -0.39 is 33.1 Å². The number of aryl methyl sites for hydroxylation is 1. The maximum absolute atomic E-state index is 12.1. The number of likely N-dealkylation sites (N-methyl/N-ethyl adjacent to an activating group) is 1. The van der Waals surface area contributed by atoms with Crippen LogP contribution < -0.4 is 4.74 Å². The highest BCUT2D eigenvalue weighted by Crippen LogP contribution is 2.24. The Morgan fingerprint density at radius 2 is 2.22 bits per heavy atom. The second-order valence-electron chi connectivity index (χ2n) is 5.38. The van der Waals surface area contributed by atoms with Gasteiger partial charge in [-0.15, -0.1) is 0 Å². The molecule has 1 atom stereocenters. The van der Waals surface area contributed by atoms with Gasteiger partial charge in [0.25, 0.3) is 5.91 Å². The molecule has 0 aromatic carbocycles. The standard InChI is InChI=1S/C13H17N3O6S/c1-9-3-4-11(13(14-9)16(18)19)22-7-12(17)15(2)10-5-6-23(20,21)8-10/h3-4,10H,5-8H2,1-2H3. The third-order valence-electron chi connectivity index (χ3n) is 3.65. The van der Waals surface area contributed by atoms with Crippen molar-refractivity contribution in [3.63, 3.8) is 0 Å². The third-order valence-corrected chi connectivity index (χ3v) is 5.40. The molecule has 0 bridgehead atoms. The molecule has 0 spiro atoms. The molecular weight excluding hydrogens is 326 g/mol. The van der Waals surface area contributed by atoms with E-state index in [1.165, 1.54) is 18.0 Å². The van der Waals surface area contributed by atoms with Crippen molar-refractivity contribution in [3.05, 3.63) is 27.9 Å². The van der Waals surface area contributed by atoms with Crippen molar-refractivity contribution >= 4 is 21.6 Å². The highest BCUT2D eigenvalue weighted by Gasteiger charge is 2.33. The van der Waals surface area contributed by atoms with Crippen molar-refractivity contribution in [3.8, 4) is 5.75 Å². The first-order valence-electron chi connectivity index (χ1n) is 6.90. The second-order valence-corrected chi connectivity index (χ2v) is 7.61. The quantitative estimate of drug-likeness (QED) is 0.558. The number of nitrogens with zero attached hydrogens (tertiary/aromatic N) is 3. The molecule has 2 heterocycles. The molecule has 2 rings (SSSR count). The topological polar surface area (TPSA) is 120 Å². The average molecular weight is 343 g/mol. The largest absolute Gasteiger partial charge is 0.476 e. The van der Waals surface area contributed by atoms with Crippen molar-refractivity contribution in [2.75, 3.05) is 25.2 Å². The molecule has 1 amide bonds. The fourth-order valence-electron chi connectivity index (χ4n) is 2.30. The van der Waals surface area contributed by atoms with Crippen molar-refractivity contribution < 1.29 is 22.9 Å². The van der Waals surface area contributed by atoms with Crippen LogP contribution in [0.1, 0.15) is 12.1 Å². The lowest BCUT2D eigenvalue weighted by molar-refractivity contribution is -0.390. The van der Waals surface area contributed by atoms with Gasteiger partial charge >= 0.3 is 5.82 Å². The van der Waals surface area contributed by atoms with E-state index >= 15 is 0 Å². The van der Waals surface area contributed by atoms with Gasteiger partial charge in [0.2, 0.25) is 5.75 Å². The SMILES string of the molecule is Cc1ccc(OCC(=O)N(C)C2CCS(=O)(=O)C2)c([N+](=O)[O-])n1. The van der Waals surface area contributed by atoms with Gasteiger partial charge in [-0.2, -0.15) is 0 Å². The van der Waals surface area contributed by atoms with E-state index in [1.54, 1.807) is 13.0 Å². The van der Waals surface area contributed by atoms with Crippen LogP contribution in [0.4, 0.5) is 5.82 Å². The fourth-order valence-corrected chi connectivity index (χ4v) is 4.07. The normalized spacial score (nSPS) is 19.3. The molecule has 9 nitrogen and oxygen atoms in total. The lowest BCUT2D eigenvalue weighted by Gasteiger charge is -2.23. The van der Waals surface area contributed by atoms with Crippen LogP contribution in [0.5, 0.6) is 5.75 Å². The van der Waals surface area contributed by atoms with Crippen LogP contribution in [-0.4, -0.2) is 60.3 Å². The molecule has 10 heteroatoms. The van der Waals surface area contributed by atoms with Crippen LogP contribution in [0, 0.1) is 17.0 Å². The zero-order valence-electron chi connectivity index (χ0n) is 12.8. The summed E-state index contributed by atoms with van der Waals surface area (Å²) in [5.41, 5.74) is 0.462. The molecule has 1 aliphatic rings. The first-order chi connectivity index (χ1) is 10.7. The Hall–Kier alpha value is -2.23. The summed E-state index contributed by atoms with van der Waals surface area (Å²) in [7, 11) is -1.60. The number of hydrogen-bond donors (Lipinski definition) is 0. The van der Waals surface area contributed by atoms with Crippen molar-refractivity contribution in [2.45, 2.75) is 19.4 Å². The number of carbonyl (C=O) groups is 1. The Balaban J connectivity index is 2.01. The first kappa shape index (κ1) is 17.1. The third kappa shape index (κ3) is 4.15. The molecule has 0 N–H and O–H groups in total. The van der Waals surface area contributed by atoms with E-state index in [-0.39, 0.29) is 23.3 Å². The van der Waals surface area contributed by atoms with Crippen LogP contribution in [0.2, 0.25) is 0 Å². The van der Waals surface area contributed by atoms with Gasteiger partial charge in [-0.1, -0.05) is 0 Å². The summed E-state index contributed by atoms with van der Waals surface area (Å²) < 4.78 is 28.1. The van der Waals surface area contributed by atoms with E-state index in [4.69, 9.17) is 4.74 Å². The average Bonchev–Trinajstić information content (AvgIpc) is 2.84. The smallest absolute Gasteiger partial charge is 0.406 e. The predicted molar refractivity (Wildman–Crippen MR) is 81.0 cm³/mol. The Morgan fingerprint density at radius 1 is 1.52 bits per heavy atom. The minimum Gasteiger partial charge on any atom is -0.476 e. The van der Waals surface area contributed by atoms with Gasteiger partial charge in [-0.05, 0) is 28.5 Å². The summed E-state index contributed by atoms with van der Waals surface area (Å²) in [6.07, 6.45) is 0.386. The number of sulfone groups is 1. The first-order valence-corrected chi connectivity index (χ1v) is 8.72. The van der Waals surface area contributed by atoms with E-state index in [0.29, 0.717) is 12.1 Å². The number of aromatic nitrogens is 1. The molecule has 1 fully saturated rings. The Labute approximate surface area is 133 Å². The van der Waals surface area contributed by atoms with E-state index in [0.717, 1.165) is 0 Å². The van der Waals surface area contributed by atoms with Crippen LogP contribution in [-0.2, 0) is 14.6 Å². The molecule has 0 radical (unpaired) electrons. The van der Waals surface area contributed by atoms with Gasteiger partial charge in [0, 0.05) is 20.0 Å². The van der Waals surface area contributed by atoms with Crippen LogP contribution >= 0.6 is 0 Å². The van der Waals surface area contributed by atoms with Crippen LogP contribution in [0.25, 0.3) is 0 Å². The number of hydrogen-bond acceptors (Lipinski definition) is 7. The molecule has 0 saturated carbocycles. The van der Waals surface area contributed by atoms with Gasteiger partial charge in [-0.25, -0.2) is 8.42 Å². The summed E-state index contributed by atoms with van der Waals surface area (Å²) >= 11 is 0. The van der Waals surface area contributed by atoms with Crippen LogP contribution in [0.3, 0.4) is 0 Å². The lowest BCUT2D eigenvalue weighted by Crippen LogP contribution is -2.40. The van der Waals surface area contributed by atoms with Gasteiger partial charge in [-0.3, -0.25) is 4.79 Å². The zero-order chi connectivity index (χ0) is 17.2.